The minimum absolute atomic E-state index is 0.0306. The van der Waals surface area contributed by atoms with Crippen LogP contribution in [0, 0.1) is 0 Å². The second-order valence-electron chi connectivity index (χ2n) is 7.02. The van der Waals surface area contributed by atoms with Crippen LogP contribution >= 0.6 is 0 Å². The lowest BCUT2D eigenvalue weighted by Crippen LogP contribution is -2.34. The summed E-state index contributed by atoms with van der Waals surface area (Å²) in [5.41, 5.74) is 1.00. The second kappa shape index (κ2) is 9.60. The third-order valence-electron chi connectivity index (χ3n) is 3.46. The molecule has 0 saturated heterocycles. The summed E-state index contributed by atoms with van der Waals surface area (Å²) in [7, 11) is 1.24. The molecular formula is C22H25NO5. The van der Waals surface area contributed by atoms with Crippen LogP contribution in [0.5, 0.6) is 5.75 Å². The fraction of sp³-hybridized carbons (Fsp3) is 0.273. The van der Waals surface area contributed by atoms with Crippen molar-refractivity contribution in [2.24, 2.45) is 0 Å². The van der Waals surface area contributed by atoms with E-state index >= 15 is 0 Å². The van der Waals surface area contributed by atoms with Gasteiger partial charge in [-0.1, -0.05) is 42.5 Å². The molecule has 1 N–H and O–H groups in total. The average Bonchev–Trinajstić information content (AvgIpc) is 2.65. The number of carbonyl (C=O) groups is 2. The number of alkyl carbamates (subject to hydrolysis) is 1. The van der Waals surface area contributed by atoms with Crippen molar-refractivity contribution >= 4 is 18.1 Å². The molecule has 2 aromatic carbocycles. The molecule has 0 bridgehead atoms. The SMILES string of the molecule is COC(=O)/C(=C/c1cccc(OCc2ccccc2)c1)NC(=O)OC(C)(C)C. The van der Waals surface area contributed by atoms with E-state index in [1.54, 1.807) is 39.0 Å². The number of ether oxygens (including phenoxy) is 3. The van der Waals surface area contributed by atoms with Crippen molar-refractivity contribution in [1.82, 2.24) is 5.32 Å². The highest BCUT2D eigenvalue weighted by Crippen LogP contribution is 2.18. The summed E-state index contributed by atoms with van der Waals surface area (Å²) in [6.45, 7) is 5.64. The topological polar surface area (TPSA) is 73.9 Å². The van der Waals surface area contributed by atoms with Gasteiger partial charge in [0.05, 0.1) is 7.11 Å². The molecule has 0 atom stereocenters. The monoisotopic (exact) mass is 383 g/mol. The highest BCUT2D eigenvalue weighted by molar-refractivity contribution is 5.96. The van der Waals surface area contributed by atoms with Gasteiger partial charge in [0.25, 0.3) is 0 Å². The predicted molar refractivity (Wildman–Crippen MR) is 107 cm³/mol. The molecular weight excluding hydrogens is 358 g/mol. The van der Waals surface area contributed by atoms with Crippen LogP contribution < -0.4 is 10.1 Å². The highest BCUT2D eigenvalue weighted by atomic mass is 16.6. The van der Waals surface area contributed by atoms with Gasteiger partial charge in [-0.3, -0.25) is 5.32 Å². The molecule has 0 saturated carbocycles. The first-order chi connectivity index (χ1) is 13.3. The van der Waals surface area contributed by atoms with Crippen molar-refractivity contribution < 1.29 is 23.8 Å². The number of amides is 1. The quantitative estimate of drug-likeness (QED) is 0.594. The lowest BCUT2D eigenvalue weighted by Gasteiger charge is -2.20. The summed E-state index contributed by atoms with van der Waals surface area (Å²) in [6, 6.07) is 17.0. The lowest BCUT2D eigenvalue weighted by atomic mass is 10.1. The van der Waals surface area contributed by atoms with Gasteiger partial charge in [0.1, 0.15) is 23.7 Å². The Balaban J connectivity index is 2.14. The Kier molecular flexibility index (Phi) is 7.21. The van der Waals surface area contributed by atoms with Gasteiger partial charge in [0.2, 0.25) is 0 Å². The summed E-state index contributed by atoms with van der Waals surface area (Å²) < 4.78 is 15.7. The van der Waals surface area contributed by atoms with E-state index in [1.165, 1.54) is 13.2 Å². The smallest absolute Gasteiger partial charge is 0.412 e. The van der Waals surface area contributed by atoms with Crippen LogP contribution in [0.25, 0.3) is 6.08 Å². The third-order valence-corrected chi connectivity index (χ3v) is 3.46. The third kappa shape index (κ3) is 7.15. The zero-order valence-corrected chi connectivity index (χ0v) is 16.5. The number of hydrogen-bond acceptors (Lipinski definition) is 5. The van der Waals surface area contributed by atoms with Crippen molar-refractivity contribution in [3.05, 3.63) is 71.4 Å². The first-order valence-electron chi connectivity index (χ1n) is 8.83. The zero-order chi connectivity index (χ0) is 20.6. The van der Waals surface area contributed by atoms with E-state index in [0.717, 1.165) is 5.56 Å². The molecule has 148 valence electrons. The number of hydrogen-bond donors (Lipinski definition) is 1. The van der Waals surface area contributed by atoms with Crippen LogP contribution in [0.15, 0.2) is 60.3 Å². The Hall–Kier alpha value is -3.28. The Morgan fingerprint density at radius 2 is 1.75 bits per heavy atom. The lowest BCUT2D eigenvalue weighted by molar-refractivity contribution is -0.136. The van der Waals surface area contributed by atoms with E-state index in [9.17, 15) is 9.59 Å². The first kappa shape index (κ1) is 21.0. The van der Waals surface area contributed by atoms with Gasteiger partial charge in [-0.15, -0.1) is 0 Å². The fourth-order valence-electron chi connectivity index (χ4n) is 2.27. The van der Waals surface area contributed by atoms with Crippen molar-refractivity contribution in [2.75, 3.05) is 7.11 Å². The molecule has 2 rings (SSSR count). The molecule has 0 fully saturated rings. The van der Waals surface area contributed by atoms with Gasteiger partial charge in [-0.05, 0) is 50.1 Å². The summed E-state index contributed by atoms with van der Waals surface area (Å²) in [5.74, 6) is -0.0412. The summed E-state index contributed by atoms with van der Waals surface area (Å²) in [4.78, 5) is 24.0. The summed E-state index contributed by atoms with van der Waals surface area (Å²) in [5, 5.41) is 2.43. The van der Waals surface area contributed by atoms with Crippen LogP contribution in [0.3, 0.4) is 0 Å². The summed E-state index contributed by atoms with van der Waals surface area (Å²) in [6.07, 6.45) is 0.770. The average molecular weight is 383 g/mol. The molecule has 1 amide bonds. The van der Waals surface area contributed by atoms with Crippen molar-refractivity contribution in [3.8, 4) is 5.75 Å². The minimum Gasteiger partial charge on any atom is -0.489 e. The molecule has 0 heterocycles. The van der Waals surface area contributed by atoms with Crippen LogP contribution in [0.1, 0.15) is 31.9 Å². The fourth-order valence-corrected chi connectivity index (χ4v) is 2.27. The van der Waals surface area contributed by atoms with E-state index in [2.05, 4.69) is 5.32 Å². The molecule has 0 aliphatic carbocycles. The number of carbonyl (C=O) groups excluding carboxylic acids is 2. The Labute approximate surface area is 165 Å². The predicted octanol–water partition coefficient (Wildman–Crippen LogP) is 4.30. The van der Waals surface area contributed by atoms with E-state index in [-0.39, 0.29) is 5.70 Å². The van der Waals surface area contributed by atoms with Crippen LogP contribution in [0.4, 0.5) is 4.79 Å². The zero-order valence-electron chi connectivity index (χ0n) is 16.5. The number of esters is 1. The van der Waals surface area contributed by atoms with Gasteiger partial charge < -0.3 is 14.2 Å². The van der Waals surface area contributed by atoms with Crippen molar-refractivity contribution in [3.63, 3.8) is 0 Å². The maximum atomic E-state index is 12.0. The largest absolute Gasteiger partial charge is 0.489 e. The van der Waals surface area contributed by atoms with Gasteiger partial charge in [0.15, 0.2) is 0 Å². The maximum absolute atomic E-state index is 12.0. The van der Waals surface area contributed by atoms with Gasteiger partial charge in [0, 0.05) is 0 Å². The van der Waals surface area contributed by atoms with Crippen molar-refractivity contribution in [1.29, 1.82) is 0 Å². The molecule has 6 nitrogen and oxygen atoms in total. The Bertz CT molecular complexity index is 838. The Morgan fingerprint density at radius 1 is 1.04 bits per heavy atom. The van der Waals surface area contributed by atoms with Crippen molar-refractivity contribution in [2.45, 2.75) is 33.0 Å². The molecule has 0 aliphatic heterocycles. The van der Waals surface area contributed by atoms with Crippen LogP contribution in [-0.2, 0) is 20.9 Å². The molecule has 28 heavy (non-hydrogen) atoms. The second-order valence-corrected chi connectivity index (χ2v) is 7.02. The number of rotatable bonds is 6. The van der Waals surface area contributed by atoms with E-state index in [0.29, 0.717) is 17.9 Å². The first-order valence-corrected chi connectivity index (χ1v) is 8.83. The van der Waals surface area contributed by atoms with Gasteiger partial charge >= 0.3 is 12.1 Å². The minimum atomic E-state index is -0.736. The number of nitrogens with one attached hydrogen (secondary N) is 1. The molecule has 2 aromatic rings. The van der Waals surface area contributed by atoms with Crippen LogP contribution in [-0.4, -0.2) is 24.8 Å². The molecule has 6 heteroatoms. The molecule has 0 aromatic heterocycles. The number of methoxy groups -OCH3 is 1. The van der Waals surface area contributed by atoms with E-state index in [4.69, 9.17) is 14.2 Å². The maximum Gasteiger partial charge on any atom is 0.412 e. The summed E-state index contributed by atoms with van der Waals surface area (Å²) >= 11 is 0. The molecule has 0 radical (unpaired) electrons. The normalized spacial score (nSPS) is 11.5. The van der Waals surface area contributed by atoms with E-state index < -0.39 is 17.7 Å². The van der Waals surface area contributed by atoms with Crippen LogP contribution in [0.2, 0.25) is 0 Å². The highest BCUT2D eigenvalue weighted by Gasteiger charge is 2.20. The van der Waals surface area contributed by atoms with Gasteiger partial charge in [-0.25, -0.2) is 9.59 Å². The standard InChI is InChI=1S/C22H25NO5/c1-22(2,3)28-21(25)23-19(20(24)26-4)14-17-11-8-12-18(13-17)27-15-16-9-6-5-7-10-16/h5-14H,15H2,1-4H3,(H,23,25)/b19-14-. The molecule has 0 aliphatic rings. The van der Waals surface area contributed by atoms with E-state index in [1.807, 2.05) is 36.4 Å². The Morgan fingerprint density at radius 3 is 2.39 bits per heavy atom. The molecule has 0 unspecified atom stereocenters. The molecule has 0 spiro atoms. The van der Waals surface area contributed by atoms with Gasteiger partial charge in [-0.2, -0.15) is 0 Å². The number of benzene rings is 2.